The first-order valence-corrected chi connectivity index (χ1v) is 7.07. The number of carbonyl (C=O) groups excluding carboxylic acids is 1. The Morgan fingerprint density at radius 1 is 1.28 bits per heavy atom. The van der Waals surface area contributed by atoms with E-state index in [1.807, 2.05) is 13.8 Å². The molecule has 0 unspecified atom stereocenters. The van der Waals surface area contributed by atoms with E-state index in [9.17, 15) is 4.79 Å². The quantitative estimate of drug-likeness (QED) is 0.765. The highest BCUT2D eigenvalue weighted by Crippen LogP contribution is 2.25. The van der Waals surface area contributed by atoms with E-state index in [1.165, 1.54) is 25.7 Å². The lowest BCUT2D eigenvalue weighted by atomic mass is 9.93. The zero-order valence-corrected chi connectivity index (χ0v) is 12.1. The number of carbonyl (C=O) groups is 1. The van der Waals surface area contributed by atoms with E-state index in [-0.39, 0.29) is 24.1 Å². The van der Waals surface area contributed by atoms with Crippen LogP contribution in [-0.2, 0) is 9.53 Å². The molecule has 0 aromatic rings. The lowest BCUT2D eigenvalue weighted by molar-refractivity contribution is -0.136. The molecular formula is C14H28N2O2. The number of hydrogen-bond acceptors (Lipinski definition) is 3. The van der Waals surface area contributed by atoms with Gasteiger partial charge in [0, 0.05) is 18.6 Å². The summed E-state index contributed by atoms with van der Waals surface area (Å²) < 4.78 is 5.55. The normalized spacial score (nSPS) is 19.6. The molecule has 1 fully saturated rings. The van der Waals surface area contributed by atoms with Gasteiger partial charge in [-0.15, -0.1) is 0 Å². The van der Waals surface area contributed by atoms with Crippen molar-refractivity contribution in [1.82, 2.24) is 4.90 Å². The third-order valence-corrected chi connectivity index (χ3v) is 3.88. The van der Waals surface area contributed by atoms with Crippen LogP contribution >= 0.6 is 0 Å². The molecule has 4 nitrogen and oxygen atoms in total. The second-order valence-corrected chi connectivity index (χ2v) is 5.87. The fraction of sp³-hybridized carbons (Fsp3) is 0.929. The Hall–Kier alpha value is -0.610. The number of likely N-dealkylation sites (N-methyl/N-ethyl adjacent to an activating group) is 1. The van der Waals surface area contributed by atoms with Crippen LogP contribution in [0.25, 0.3) is 0 Å². The smallest absolute Gasteiger partial charge is 0.248 e. The highest BCUT2D eigenvalue weighted by atomic mass is 16.5. The highest BCUT2D eigenvalue weighted by molar-refractivity contribution is 5.77. The molecule has 0 aliphatic heterocycles. The first-order chi connectivity index (χ1) is 8.44. The van der Waals surface area contributed by atoms with Crippen LogP contribution in [0.1, 0.15) is 52.4 Å². The van der Waals surface area contributed by atoms with Crippen molar-refractivity contribution in [3.63, 3.8) is 0 Å². The number of ether oxygens (including phenoxy) is 1. The van der Waals surface area contributed by atoms with Crippen molar-refractivity contribution in [3.05, 3.63) is 0 Å². The summed E-state index contributed by atoms with van der Waals surface area (Å²) in [5.41, 5.74) is 6.12. The fourth-order valence-electron chi connectivity index (χ4n) is 2.31. The molecule has 4 heteroatoms. The van der Waals surface area contributed by atoms with Crippen LogP contribution in [0.5, 0.6) is 0 Å². The van der Waals surface area contributed by atoms with Crippen LogP contribution < -0.4 is 5.73 Å². The lowest BCUT2D eigenvalue weighted by Crippen LogP contribution is -2.45. The van der Waals surface area contributed by atoms with Crippen molar-refractivity contribution < 1.29 is 9.53 Å². The van der Waals surface area contributed by atoms with Gasteiger partial charge < -0.3 is 15.4 Å². The Morgan fingerprint density at radius 2 is 1.83 bits per heavy atom. The van der Waals surface area contributed by atoms with Crippen LogP contribution in [0.2, 0.25) is 0 Å². The van der Waals surface area contributed by atoms with Crippen molar-refractivity contribution in [1.29, 1.82) is 0 Å². The van der Waals surface area contributed by atoms with Gasteiger partial charge in [0.25, 0.3) is 0 Å². The van der Waals surface area contributed by atoms with Crippen LogP contribution in [0, 0.1) is 0 Å². The standard InChI is InChI=1S/C14H28N2O2/c1-12(2)16(3)13(17)10-18-11-14(15)8-6-4-5-7-9-14/h12H,4-11,15H2,1-3H3. The number of hydrogen-bond donors (Lipinski definition) is 1. The molecule has 0 spiro atoms. The molecule has 0 heterocycles. The minimum Gasteiger partial charge on any atom is -0.370 e. The minimum atomic E-state index is -0.215. The first kappa shape index (κ1) is 15.4. The van der Waals surface area contributed by atoms with Gasteiger partial charge in [0.2, 0.25) is 5.91 Å². The highest BCUT2D eigenvalue weighted by Gasteiger charge is 2.26. The van der Waals surface area contributed by atoms with Gasteiger partial charge in [-0.3, -0.25) is 4.79 Å². The number of amides is 1. The fourth-order valence-corrected chi connectivity index (χ4v) is 2.31. The first-order valence-electron chi connectivity index (χ1n) is 7.07. The van der Waals surface area contributed by atoms with Gasteiger partial charge in [0.1, 0.15) is 6.61 Å². The minimum absolute atomic E-state index is 0.0298. The maximum absolute atomic E-state index is 11.8. The van der Waals surface area contributed by atoms with E-state index < -0.39 is 0 Å². The number of rotatable bonds is 5. The molecule has 0 aromatic carbocycles. The summed E-state index contributed by atoms with van der Waals surface area (Å²) in [6.45, 7) is 4.64. The van der Waals surface area contributed by atoms with Crippen LogP contribution in [0.3, 0.4) is 0 Å². The van der Waals surface area contributed by atoms with E-state index in [4.69, 9.17) is 10.5 Å². The van der Waals surface area contributed by atoms with E-state index >= 15 is 0 Å². The van der Waals surface area contributed by atoms with E-state index in [0.717, 1.165) is 12.8 Å². The molecule has 0 aromatic heterocycles. The zero-order valence-electron chi connectivity index (χ0n) is 12.1. The predicted molar refractivity (Wildman–Crippen MR) is 73.3 cm³/mol. The molecule has 106 valence electrons. The number of nitrogens with zero attached hydrogens (tertiary/aromatic N) is 1. The Kier molecular flexibility index (Phi) is 6.09. The summed E-state index contributed by atoms with van der Waals surface area (Å²) >= 11 is 0. The molecular weight excluding hydrogens is 228 g/mol. The monoisotopic (exact) mass is 256 g/mol. The topological polar surface area (TPSA) is 55.6 Å². The Labute approximate surface area is 111 Å². The van der Waals surface area contributed by atoms with Gasteiger partial charge in [-0.05, 0) is 26.7 Å². The summed E-state index contributed by atoms with van der Waals surface area (Å²) in [4.78, 5) is 13.5. The van der Waals surface area contributed by atoms with Crippen LogP contribution in [0.15, 0.2) is 0 Å². The molecule has 1 saturated carbocycles. The molecule has 2 N–H and O–H groups in total. The predicted octanol–water partition coefficient (Wildman–Crippen LogP) is 1.92. The summed E-state index contributed by atoms with van der Waals surface area (Å²) in [6, 6.07) is 0.214. The van der Waals surface area contributed by atoms with Gasteiger partial charge in [-0.25, -0.2) is 0 Å². The SMILES string of the molecule is CC(C)N(C)C(=O)COCC1(N)CCCCCC1. The van der Waals surface area contributed by atoms with E-state index in [0.29, 0.717) is 6.61 Å². The summed E-state index contributed by atoms with van der Waals surface area (Å²) in [5, 5.41) is 0. The van der Waals surface area contributed by atoms with Gasteiger partial charge in [0.05, 0.1) is 6.61 Å². The molecule has 0 radical (unpaired) electrons. The summed E-state index contributed by atoms with van der Waals surface area (Å²) in [7, 11) is 1.81. The average Bonchev–Trinajstić information content (AvgIpc) is 2.53. The van der Waals surface area contributed by atoms with Crippen molar-refractivity contribution in [2.24, 2.45) is 5.73 Å². The van der Waals surface area contributed by atoms with Crippen molar-refractivity contribution in [2.45, 2.75) is 64.0 Å². The molecule has 0 saturated heterocycles. The second-order valence-electron chi connectivity index (χ2n) is 5.87. The Bertz CT molecular complexity index is 259. The van der Waals surface area contributed by atoms with Crippen molar-refractivity contribution in [3.8, 4) is 0 Å². The van der Waals surface area contributed by atoms with Crippen LogP contribution in [0.4, 0.5) is 0 Å². The van der Waals surface area contributed by atoms with Crippen LogP contribution in [-0.4, -0.2) is 42.6 Å². The maximum Gasteiger partial charge on any atom is 0.248 e. The van der Waals surface area contributed by atoms with Gasteiger partial charge in [0.15, 0.2) is 0 Å². The lowest BCUT2D eigenvalue weighted by Gasteiger charge is -2.28. The molecule has 1 aliphatic carbocycles. The third kappa shape index (κ3) is 4.94. The van der Waals surface area contributed by atoms with Crippen molar-refractivity contribution in [2.75, 3.05) is 20.3 Å². The summed E-state index contributed by atoms with van der Waals surface area (Å²) in [6.07, 6.45) is 6.93. The largest absolute Gasteiger partial charge is 0.370 e. The molecule has 0 atom stereocenters. The summed E-state index contributed by atoms with van der Waals surface area (Å²) in [5.74, 6) is 0.0298. The van der Waals surface area contributed by atoms with E-state index in [2.05, 4.69) is 0 Å². The second kappa shape index (κ2) is 7.10. The van der Waals surface area contributed by atoms with Gasteiger partial charge >= 0.3 is 0 Å². The van der Waals surface area contributed by atoms with Gasteiger partial charge in [-0.1, -0.05) is 25.7 Å². The third-order valence-electron chi connectivity index (χ3n) is 3.88. The van der Waals surface area contributed by atoms with Crippen molar-refractivity contribution >= 4 is 5.91 Å². The Morgan fingerprint density at radius 3 is 2.33 bits per heavy atom. The Balaban J connectivity index is 2.29. The number of nitrogens with two attached hydrogens (primary N) is 1. The molecule has 1 rings (SSSR count). The molecule has 18 heavy (non-hydrogen) atoms. The maximum atomic E-state index is 11.8. The molecule has 1 aliphatic rings. The zero-order chi connectivity index (χ0) is 13.6. The van der Waals surface area contributed by atoms with E-state index in [1.54, 1.807) is 11.9 Å². The molecule has 1 amide bonds. The average molecular weight is 256 g/mol. The molecule has 0 bridgehead atoms. The van der Waals surface area contributed by atoms with Gasteiger partial charge in [-0.2, -0.15) is 0 Å².